The van der Waals surface area contributed by atoms with Gasteiger partial charge in [0.15, 0.2) is 0 Å². The number of ether oxygens (including phenoxy) is 2. The lowest BCUT2D eigenvalue weighted by Crippen LogP contribution is -2.53. The highest BCUT2D eigenvalue weighted by Crippen LogP contribution is 2.19. The SMILES string of the molecule is O=C(CN1CCN(C(=O)CN2CCOCC2)CC1)Nc1ccc(N2CCOCC2)cc1. The van der Waals surface area contributed by atoms with Crippen molar-refractivity contribution in [1.82, 2.24) is 14.7 Å². The van der Waals surface area contributed by atoms with Crippen LogP contribution in [0.2, 0.25) is 0 Å². The number of carbonyl (C=O) groups excluding carboxylic acids is 2. The summed E-state index contributed by atoms with van der Waals surface area (Å²) in [4.78, 5) is 33.4. The summed E-state index contributed by atoms with van der Waals surface area (Å²) in [6.07, 6.45) is 0. The van der Waals surface area contributed by atoms with Gasteiger partial charge in [0.25, 0.3) is 0 Å². The Kier molecular flexibility index (Phi) is 7.74. The van der Waals surface area contributed by atoms with Crippen LogP contribution in [0.15, 0.2) is 24.3 Å². The average molecular weight is 432 g/mol. The molecule has 1 aromatic carbocycles. The van der Waals surface area contributed by atoms with Crippen LogP contribution in [-0.4, -0.2) is 118 Å². The van der Waals surface area contributed by atoms with Gasteiger partial charge >= 0.3 is 0 Å². The van der Waals surface area contributed by atoms with Gasteiger partial charge in [-0.25, -0.2) is 0 Å². The summed E-state index contributed by atoms with van der Waals surface area (Å²) in [6, 6.07) is 7.98. The molecule has 2 amide bonds. The van der Waals surface area contributed by atoms with Crippen LogP contribution in [0.3, 0.4) is 0 Å². The van der Waals surface area contributed by atoms with Crippen molar-refractivity contribution in [1.29, 1.82) is 0 Å². The minimum absolute atomic E-state index is 0.0211. The molecular weight excluding hydrogens is 398 g/mol. The number of piperazine rings is 1. The van der Waals surface area contributed by atoms with E-state index in [0.717, 1.165) is 63.9 Å². The third kappa shape index (κ3) is 6.39. The highest BCUT2D eigenvalue weighted by molar-refractivity contribution is 5.92. The predicted molar refractivity (Wildman–Crippen MR) is 118 cm³/mol. The minimum Gasteiger partial charge on any atom is -0.379 e. The number of hydrogen-bond donors (Lipinski definition) is 1. The third-order valence-corrected chi connectivity index (χ3v) is 6.08. The molecule has 3 heterocycles. The van der Waals surface area contributed by atoms with Gasteiger partial charge in [0, 0.05) is 63.7 Å². The van der Waals surface area contributed by atoms with Crippen molar-refractivity contribution in [3.8, 4) is 0 Å². The van der Waals surface area contributed by atoms with Crippen LogP contribution in [-0.2, 0) is 19.1 Å². The second-order valence-corrected chi connectivity index (χ2v) is 8.24. The number of amides is 2. The lowest BCUT2D eigenvalue weighted by atomic mass is 10.2. The summed E-state index contributed by atoms with van der Waals surface area (Å²) in [6.45, 7) is 9.93. The topological polar surface area (TPSA) is 77.6 Å². The van der Waals surface area contributed by atoms with Gasteiger partial charge in [-0.15, -0.1) is 0 Å². The zero-order valence-corrected chi connectivity index (χ0v) is 18.1. The quantitative estimate of drug-likeness (QED) is 0.676. The van der Waals surface area contributed by atoms with Crippen LogP contribution in [0.5, 0.6) is 0 Å². The Labute approximate surface area is 183 Å². The summed E-state index contributed by atoms with van der Waals surface area (Å²) >= 11 is 0. The van der Waals surface area contributed by atoms with Crippen LogP contribution in [0.4, 0.5) is 11.4 Å². The standard InChI is InChI=1S/C22H33N5O4/c28-21(23-19-1-3-20(4-2-19)26-11-15-31-16-12-26)17-24-5-7-27(8-6-24)22(29)18-25-9-13-30-14-10-25/h1-4H,5-18H2,(H,23,28). The molecule has 0 radical (unpaired) electrons. The Bertz CT molecular complexity index is 724. The van der Waals surface area contributed by atoms with Crippen molar-refractivity contribution in [2.45, 2.75) is 0 Å². The molecule has 3 aliphatic rings. The van der Waals surface area contributed by atoms with Crippen molar-refractivity contribution in [2.75, 3.05) is 102 Å². The van der Waals surface area contributed by atoms with E-state index in [0.29, 0.717) is 39.4 Å². The van der Waals surface area contributed by atoms with E-state index in [4.69, 9.17) is 9.47 Å². The molecule has 0 unspecified atom stereocenters. The average Bonchev–Trinajstić information content (AvgIpc) is 2.81. The van der Waals surface area contributed by atoms with E-state index >= 15 is 0 Å². The second kappa shape index (κ2) is 10.9. The molecule has 0 atom stereocenters. The Morgan fingerprint density at radius 3 is 1.97 bits per heavy atom. The molecule has 3 fully saturated rings. The first kappa shape index (κ1) is 22.0. The monoisotopic (exact) mass is 431 g/mol. The maximum atomic E-state index is 12.5. The van der Waals surface area contributed by atoms with Crippen molar-refractivity contribution < 1.29 is 19.1 Å². The van der Waals surface area contributed by atoms with Gasteiger partial charge in [-0.05, 0) is 24.3 Å². The molecule has 3 saturated heterocycles. The fraction of sp³-hybridized carbons (Fsp3) is 0.636. The highest BCUT2D eigenvalue weighted by atomic mass is 16.5. The molecule has 0 aliphatic carbocycles. The van der Waals surface area contributed by atoms with Crippen molar-refractivity contribution in [2.24, 2.45) is 0 Å². The van der Waals surface area contributed by atoms with Gasteiger partial charge in [-0.2, -0.15) is 0 Å². The molecule has 170 valence electrons. The Balaban J connectivity index is 1.17. The van der Waals surface area contributed by atoms with Crippen molar-refractivity contribution in [3.05, 3.63) is 24.3 Å². The van der Waals surface area contributed by atoms with Gasteiger partial charge < -0.3 is 24.6 Å². The normalized spacial score (nSPS) is 21.2. The number of morpholine rings is 2. The lowest BCUT2D eigenvalue weighted by molar-refractivity contribution is -0.135. The van der Waals surface area contributed by atoms with Crippen molar-refractivity contribution in [3.63, 3.8) is 0 Å². The first-order valence-corrected chi connectivity index (χ1v) is 11.2. The highest BCUT2D eigenvalue weighted by Gasteiger charge is 2.24. The fourth-order valence-corrected chi connectivity index (χ4v) is 4.19. The summed E-state index contributed by atoms with van der Waals surface area (Å²) in [5.41, 5.74) is 1.96. The first-order valence-electron chi connectivity index (χ1n) is 11.2. The van der Waals surface area contributed by atoms with E-state index in [1.165, 1.54) is 0 Å². The number of nitrogens with zero attached hydrogens (tertiary/aromatic N) is 4. The van der Waals surface area contributed by atoms with Crippen LogP contribution in [0.25, 0.3) is 0 Å². The van der Waals surface area contributed by atoms with E-state index in [1.54, 1.807) is 0 Å². The lowest BCUT2D eigenvalue weighted by Gasteiger charge is -2.36. The number of nitrogens with one attached hydrogen (secondary N) is 1. The number of carbonyl (C=O) groups is 2. The number of benzene rings is 1. The van der Waals surface area contributed by atoms with E-state index < -0.39 is 0 Å². The number of rotatable bonds is 6. The smallest absolute Gasteiger partial charge is 0.238 e. The molecule has 0 saturated carbocycles. The first-order chi connectivity index (χ1) is 15.2. The molecule has 9 nitrogen and oxygen atoms in total. The summed E-state index contributed by atoms with van der Waals surface area (Å²) in [7, 11) is 0. The maximum Gasteiger partial charge on any atom is 0.238 e. The summed E-state index contributed by atoms with van der Waals surface area (Å²) in [5.74, 6) is 0.151. The molecule has 0 spiro atoms. The summed E-state index contributed by atoms with van der Waals surface area (Å²) in [5, 5.41) is 2.98. The second-order valence-electron chi connectivity index (χ2n) is 8.24. The Morgan fingerprint density at radius 2 is 1.32 bits per heavy atom. The molecule has 9 heteroatoms. The van der Waals surface area contributed by atoms with Gasteiger partial charge in [0.1, 0.15) is 0 Å². The number of anilines is 2. The van der Waals surface area contributed by atoms with Gasteiger partial charge in [-0.1, -0.05) is 0 Å². The van der Waals surface area contributed by atoms with Gasteiger partial charge in [0.05, 0.1) is 39.5 Å². The van der Waals surface area contributed by atoms with Gasteiger partial charge in [0.2, 0.25) is 11.8 Å². The van der Waals surface area contributed by atoms with Gasteiger partial charge in [-0.3, -0.25) is 19.4 Å². The molecule has 31 heavy (non-hydrogen) atoms. The van der Waals surface area contributed by atoms with E-state index in [2.05, 4.69) is 20.0 Å². The number of hydrogen-bond acceptors (Lipinski definition) is 7. The molecule has 4 rings (SSSR count). The van der Waals surface area contributed by atoms with E-state index in [-0.39, 0.29) is 11.8 Å². The molecule has 3 aliphatic heterocycles. The van der Waals surface area contributed by atoms with Crippen LogP contribution >= 0.6 is 0 Å². The maximum absolute atomic E-state index is 12.5. The molecule has 1 aromatic rings. The van der Waals surface area contributed by atoms with Crippen molar-refractivity contribution >= 4 is 23.2 Å². The Hall–Kier alpha value is -2.20. The molecule has 1 N–H and O–H groups in total. The summed E-state index contributed by atoms with van der Waals surface area (Å²) < 4.78 is 10.7. The third-order valence-electron chi connectivity index (χ3n) is 6.08. The van der Waals surface area contributed by atoms with Crippen LogP contribution in [0, 0.1) is 0 Å². The fourth-order valence-electron chi connectivity index (χ4n) is 4.19. The molecule has 0 aromatic heterocycles. The molecule has 0 bridgehead atoms. The van der Waals surface area contributed by atoms with E-state index in [1.807, 2.05) is 29.2 Å². The predicted octanol–water partition coefficient (Wildman–Crippen LogP) is -0.0619. The van der Waals surface area contributed by atoms with Crippen LogP contribution in [0.1, 0.15) is 0 Å². The van der Waals surface area contributed by atoms with Crippen LogP contribution < -0.4 is 10.2 Å². The minimum atomic E-state index is -0.0211. The zero-order valence-electron chi connectivity index (χ0n) is 18.1. The Morgan fingerprint density at radius 1 is 0.742 bits per heavy atom. The largest absolute Gasteiger partial charge is 0.379 e. The zero-order chi connectivity index (χ0) is 21.5. The van der Waals surface area contributed by atoms with E-state index in [9.17, 15) is 9.59 Å². The molecular formula is C22H33N5O4.